The van der Waals surface area contributed by atoms with E-state index >= 15 is 0 Å². The molecule has 1 unspecified atom stereocenters. The molecule has 6 nitrogen and oxygen atoms in total. The van der Waals surface area contributed by atoms with Crippen LogP contribution in [0, 0.1) is 5.92 Å². The maximum Gasteiger partial charge on any atom is 0.160 e. The van der Waals surface area contributed by atoms with Crippen LogP contribution in [-0.2, 0) is 0 Å². The fourth-order valence-corrected chi connectivity index (χ4v) is 2.82. The van der Waals surface area contributed by atoms with Crippen molar-refractivity contribution in [3.63, 3.8) is 0 Å². The van der Waals surface area contributed by atoms with Crippen LogP contribution in [0.5, 0.6) is 0 Å². The molecule has 92 valence electrons. The minimum absolute atomic E-state index is 0.500. The number of fused-ring (bicyclic) bond motifs is 3. The zero-order valence-electron chi connectivity index (χ0n) is 9.76. The van der Waals surface area contributed by atoms with Gasteiger partial charge >= 0.3 is 0 Å². The van der Waals surface area contributed by atoms with Crippen molar-refractivity contribution in [2.75, 3.05) is 30.4 Å². The second-order valence-corrected chi connectivity index (χ2v) is 4.82. The lowest BCUT2D eigenvalue weighted by Crippen LogP contribution is -2.53. The zero-order valence-corrected chi connectivity index (χ0v) is 9.76. The summed E-state index contributed by atoms with van der Waals surface area (Å²) in [6.07, 6.45) is 5.94. The van der Waals surface area contributed by atoms with Crippen LogP contribution in [0.2, 0.25) is 0 Å². The average Bonchev–Trinajstić information content (AvgIpc) is 2.40. The lowest BCUT2D eigenvalue weighted by atomic mass is 9.84. The number of hydrazine groups is 1. The Morgan fingerprint density at radius 1 is 1.24 bits per heavy atom. The van der Waals surface area contributed by atoms with Gasteiger partial charge in [-0.25, -0.2) is 10.8 Å². The third-order valence-corrected chi connectivity index (χ3v) is 3.77. The SMILES string of the molecule is NNc1cncc(NC2CN3CCC2CC3)n1. The van der Waals surface area contributed by atoms with E-state index < -0.39 is 0 Å². The Kier molecular flexibility index (Phi) is 2.82. The summed E-state index contributed by atoms with van der Waals surface area (Å²) in [4.78, 5) is 11.0. The quantitative estimate of drug-likeness (QED) is 0.514. The van der Waals surface area contributed by atoms with Gasteiger partial charge in [-0.3, -0.25) is 4.98 Å². The van der Waals surface area contributed by atoms with Crippen molar-refractivity contribution >= 4 is 11.6 Å². The Labute approximate surface area is 101 Å². The molecule has 4 N–H and O–H groups in total. The first kappa shape index (κ1) is 10.7. The van der Waals surface area contributed by atoms with Gasteiger partial charge in [-0.2, -0.15) is 0 Å². The first-order valence-corrected chi connectivity index (χ1v) is 6.13. The van der Waals surface area contributed by atoms with Crippen LogP contribution in [-0.4, -0.2) is 40.5 Å². The molecule has 6 heteroatoms. The van der Waals surface area contributed by atoms with Crippen LogP contribution >= 0.6 is 0 Å². The summed E-state index contributed by atoms with van der Waals surface area (Å²) in [6, 6.07) is 0.500. The van der Waals surface area contributed by atoms with E-state index in [4.69, 9.17) is 5.84 Å². The summed E-state index contributed by atoms with van der Waals surface area (Å²) in [5, 5.41) is 3.48. The Balaban J connectivity index is 1.70. The number of anilines is 2. The lowest BCUT2D eigenvalue weighted by molar-refractivity contribution is 0.0974. The normalized spacial score (nSPS) is 31.2. The van der Waals surface area contributed by atoms with E-state index in [0.717, 1.165) is 18.3 Å². The van der Waals surface area contributed by atoms with Gasteiger partial charge in [0.15, 0.2) is 5.82 Å². The molecular formula is C11H18N6. The maximum atomic E-state index is 5.32. The number of nitrogens with two attached hydrogens (primary N) is 1. The molecule has 0 amide bonds. The predicted octanol–water partition coefficient (Wildman–Crippen LogP) is 0.268. The van der Waals surface area contributed by atoms with Gasteiger partial charge in [0.1, 0.15) is 5.82 Å². The molecule has 0 saturated carbocycles. The van der Waals surface area contributed by atoms with Gasteiger partial charge in [0.25, 0.3) is 0 Å². The molecule has 3 aliphatic heterocycles. The largest absolute Gasteiger partial charge is 0.364 e. The number of piperidine rings is 3. The van der Waals surface area contributed by atoms with E-state index in [1.54, 1.807) is 12.4 Å². The number of rotatable bonds is 3. The third kappa shape index (κ3) is 2.18. The summed E-state index contributed by atoms with van der Waals surface area (Å²) < 4.78 is 0. The van der Waals surface area contributed by atoms with Gasteiger partial charge in [0.2, 0.25) is 0 Å². The fraction of sp³-hybridized carbons (Fsp3) is 0.636. The molecular weight excluding hydrogens is 216 g/mol. The zero-order chi connectivity index (χ0) is 11.7. The minimum atomic E-state index is 0.500. The van der Waals surface area contributed by atoms with Crippen LogP contribution in [0.1, 0.15) is 12.8 Å². The molecule has 0 aromatic carbocycles. The highest BCUT2D eigenvalue weighted by Crippen LogP contribution is 2.29. The van der Waals surface area contributed by atoms with Crippen LogP contribution in [0.15, 0.2) is 12.4 Å². The van der Waals surface area contributed by atoms with Crippen molar-refractivity contribution in [3.05, 3.63) is 12.4 Å². The molecule has 4 heterocycles. The monoisotopic (exact) mass is 234 g/mol. The number of hydrogen-bond donors (Lipinski definition) is 3. The highest BCUT2D eigenvalue weighted by Gasteiger charge is 2.34. The molecule has 3 fully saturated rings. The molecule has 4 rings (SSSR count). The van der Waals surface area contributed by atoms with E-state index in [-0.39, 0.29) is 0 Å². The van der Waals surface area contributed by atoms with Crippen molar-refractivity contribution < 1.29 is 0 Å². The molecule has 3 saturated heterocycles. The number of aromatic nitrogens is 2. The topological polar surface area (TPSA) is 79.1 Å². The minimum Gasteiger partial charge on any atom is -0.364 e. The summed E-state index contributed by atoms with van der Waals surface area (Å²) >= 11 is 0. The number of hydrogen-bond acceptors (Lipinski definition) is 6. The highest BCUT2D eigenvalue weighted by molar-refractivity contribution is 5.41. The Bertz CT molecular complexity index is 387. The van der Waals surface area contributed by atoms with Gasteiger partial charge in [-0.05, 0) is 31.8 Å². The summed E-state index contributed by atoms with van der Waals surface area (Å²) in [5.41, 5.74) is 2.51. The summed E-state index contributed by atoms with van der Waals surface area (Å²) in [5.74, 6) is 7.50. The van der Waals surface area contributed by atoms with Crippen LogP contribution in [0.3, 0.4) is 0 Å². The standard InChI is InChI=1S/C11H18N6/c12-16-11-6-13-5-10(15-11)14-9-7-17-3-1-8(9)2-4-17/h5-6,8-9H,1-4,7,12H2,(H2,14,15,16). The van der Waals surface area contributed by atoms with E-state index in [0.29, 0.717) is 11.9 Å². The Hall–Kier alpha value is -1.40. The fourth-order valence-electron chi connectivity index (χ4n) is 2.82. The highest BCUT2D eigenvalue weighted by atomic mass is 15.3. The summed E-state index contributed by atoms with van der Waals surface area (Å²) in [7, 11) is 0. The first-order valence-electron chi connectivity index (χ1n) is 6.13. The van der Waals surface area contributed by atoms with E-state index in [2.05, 4.69) is 25.6 Å². The molecule has 1 aromatic rings. The Morgan fingerprint density at radius 2 is 2.00 bits per heavy atom. The lowest BCUT2D eigenvalue weighted by Gasteiger charge is -2.45. The smallest absolute Gasteiger partial charge is 0.160 e. The van der Waals surface area contributed by atoms with Crippen LogP contribution in [0.4, 0.5) is 11.6 Å². The second kappa shape index (κ2) is 4.46. The van der Waals surface area contributed by atoms with E-state index in [1.165, 1.54) is 25.9 Å². The number of nitrogens with one attached hydrogen (secondary N) is 2. The van der Waals surface area contributed by atoms with Gasteiger partial charge in [-0.1, -0.05) is 0 Å². The predicted molar refractivity (Wildman–Crippen MR) is 66.4 cm³/mol. The molecule has 0 spiro atoms. The first-order chi connectivity index (χ1) is 8.35. The van der Waals surface area contributed by atoms with Crippen molar-refractivity contribution in [2.24, 2.45) is 11.8 Å². The van der Waals surface area contributed by atoms with Gasteiger partial charge in [0, 0.05) is 12.6 Å². The van der Waals surface area contributed by atoms with E-state index in [9.17, 15) is 0 Å². The van der Waals surface area contributed by atoms with Gasteiger partial charge in [0.05, 0.1) is 12.4 Å². The van der Waals surface area contributed by atoms with Gasteiger partial charge in [-0.15, -0.1) is 0 Å². The van der Waals surface area contributed by atoms with Crippen molar-refractivity contribution in [1.82, 2.24) is 14.9 Å². The van der Waals surface area contributed by atoms with Crippen molar-refractivity contribution in [2.45, 2.75) is 18.9 Å². The molecule has 2 bridgehead atoms. The maximum absolute atomic E-state index is 5.32. The molecule has 0 aliphatic carbocycles. The average molecular weight is 234 g/mol. The van der Waals surface area contributed by atoms with E-state index in [1.807, 2.05) is 0 Å². The molecule has 3 aliphatic rings. The van der Waals surface area contributed by atoms with Crippen LogP contribution in [0.25, 0.3) is 0 Å². The van der Waals surface area contributed by atoms with Crippen molar-refractivity contribution in [1.29, 1.82) is 0 Å². The number of nitrogen functional groups attached to an aromatic ring is 1. The number of nitrogens with zero attached hydrogens (tertiary/aromatic N) is 3. The van der Waals surface area contributed by atoms with Crippen LogP contribution < -0.4 is 16.6 Å². The molecule has 17 heavy (non-hydrogen) atoms. The summed E-state index contributed by atoms with van der Waals surface area (Å²) in [6.45, 7) is 3.62. The third-order valence-electron chi connectivity index (χ3n) is 3.77. The molecule has 1 aromatic heterocycles. The molecule has 1 atom stereocenters. The molecule has 0 radical (unpaired) electrons. The van der Waals surface area contributed by atoms with Gasteiger partial charge < -0.3 is 15.6 Å². The van der Waals surface area contributed by atoms with Crippen molar-refractivity contribution in [3.8, 4) is 0 Å². The second-order valence-electron chi connectivity index (χ2n) is 4.82. The Morgan fingerprint density at radius 3 is 2.65 bits per heavy atom.